The maximum atomic E-state index is 11.8. The van der Waals surface area contributed by atoms with Gasteiger partial charge in [-0.1, -0.05) is 55.5 Å². The predicted molar refractivity (Wildman–Crippen MR) is 126 cm³/mol. The molecule has 2 N–H and O–H groups in total. The summed E-state index contributed by atoms with van der Waals surface area (Å²) in [6.07, 6.45) is 1.79. The molecule has 0 saturated carbocycles. The van der Waals surface area contributed by atoms with Crippen LogP contribution in [0.1, 0.15) is 51.7 Å². The number of nitrogens with one attached hydrogen (secondary N) is 2. The molecule has 0 aliphatic carbocycles. The van der Waals surface area contributed by atoms with Gasteiger partial charge in [0.1, 0.15) is 12.1 Å². The van der Waals surface area contributed by atoms with Gasteiger partial charge in [-0.25, -0.2) is 4.79 Å². The molecule has 2 rings (SSSR count). The molecule has 0 heterocycles. The number of nitriles is 1. The monoisotopic (exact) mass is 435 g/mol. The van der Waals surface area contributed by atoms with Gasteiger partial charge in [-0.3, -0.25) is 4.79 Å². The van der Waals surface area contributed by atoms with E-state index in [0.717, 1.165) is 29.5 Å². The molecule has 2 aromatic rings. The molecule has 2 amide bonds. The molecule has 1 unspecified atom stereocenters. The molecule has 6 nitrogen and oxygen atoms in total. The number of aryl methyl sites for hydroxylation is 1. The number of rotatable bonds is 9. The van der Waals surface area contributed by atoms with Crippen LogP contribution in [0.25, 0.3) is 11.1 Å². The van der Waals surface area contributed by atoms with Crippen molar-refractivity contribution in [1.82, 2.24) is 10.6 Å². The van der Waals surface area contributed by atoms with E-state index < -0.39 is 11.7 Å². The summed E-state index contributed by atoms with van der Waals surface area (Å²) in [6, 6.07) is 18.4. The Hall–Kier alpha value is -3.33. The van der Waals surface area contributed by atoms with Gasteiger partial charge in [-0.05, 0) is 61.8 Å². The molecule has 0 fully saturated rings. The normalized spacial score (nSPS) is 11.8. The third-order valence-corrected chi connectivity index (χ3v) is 4.87. The van der Waals surface area contributed by atoms with Gasteiger partial charge in [-0.15, -0.1) is 0 Å². The van der Waals surface area contributed by atoms with E-state index in [4.69, 9.17) is 10.00 Å². The van der Waals surface area contributed by atoms with Crippen LogP contribution < -0.4 is 10.6 Å². The molecule has 170 valence electrons. The van der Waals surface area contributed by atoms with Gasteiger partial charge < -0.3 is 15.4 Å². The van der Waals surface area contributed by atoms with Gasteiger partial charge >= 0.3 is 6.09 Å². The van der Waals surface area contributed by atoms with Crippen molar-refractivity contribution in [3.8, 4) is 17.2 Å². The van der Waals surface area contributed by atoms with Crippen LogP contribution >= 0.6 is 0 Å². The Bertz CT molecular complexity index is 940. The number of amides is 2. The van der Waals surface area contributed by atoms with Crippen LogP contribution in [0.5, 0.6) is 0 Å². The lowest BCUT2D eigenvalue weighted by Crippen LogP contribution is -2.32. The fourth-order valence-electron chi connectivity index (χ4n) is 3.25. The lowest BCUT2D eigenvalue weighted by Gasteiger charge is -2.19. The van der Waals surface area contributed by atoms with Crippen LogP contribution in [0, 0.1) is 17.2 Å². The van der Waals surface area contributed by atoms with E-state index in [2.05, 4.69) is 35.8 Å². The largest absolute Gasteiger partial charge is 0.444 e. The lowest BCUT2D eigenvalue weighted by molar-refractivity contribution is -0.121. The molecule has 6 heteroatoms. The zero-order valence-electron chi connectivity index (χ0n) is 19.4. The minimum absolute atomic E-state index is 0.0590. The summed E-state index contributed by atoms with van der Waals surface area (Å²) < 4.78 is 5.26. The van der Waals surface area contributed by atoms with Gasteiger partial charge in [0.2, 0.25) is 5.91 Å². The number of alkyl carbamates (subject to hydrolysis) is 1. The Balaban J connectivity index is 1.89. The van der Waals surface area contributed by atoms with Crippen LogP contribution in [-0.2, 0) is 22.5 Å². The Morgan fingerprint density at radius 3 is 2.41 bits per heavy atom. The first-order chi connectivity index (χ1) is 15.2. The topological polar surface area (TPSA) is 91.2 Å². The minimum Gasteiger partial charge on any atom is -0.444 e. The lowest BCUT2D eigenvalue weighted by atomic mass is 9.95. The van der Waals surface area contributed by atoms with E-state index in [0.29, 0.717) is 13.0 Å². The van der Waals surface area contributed by atoms with Crippen LogP contribution in [-0.4, -0.2) is 24.1 Å². The van der Waals surface area contributed by atoms with Crippen molar-refractivity contribution >= 4 is 12.0 Å². The maximum absolute atomic E-state index is 11.8. The highest BCUT2D eigenvalue weighted by atomic mass is 16.6. The number of benzene rings is 2. The molecular formula is C26H33N3O3. The number of nitrogens with zero attached hydrogens (tertiary/aromatic N) is 1. The number of carbonyl (C=O) groups excluding carboxylic acids is 2. The quantitative estimate of drug-likeness (QED) is 0.544. The predicted octanol–water partition coefficient (Wildman–Crippen LogP) is 4.98. The Morgan fingerprint density at radius 2 is 1.75 bits per heavy atom. The van der Waals surface area contributed by atoms with Crippen molar-refractivity contribution in [3.63, 3.8) is 0 Å². The van der Waals surface area contributed by atoms with Gasteiger partial charge in [-0.2, -0.15) is 5.26 Å². The summed E-state index contributed by atoms with van der Waals surface area (Å²) in [7, 11) is 0. The van der Waals surface area contributed by atoms with Crippen molar-refractivity contribution in [2.75, 3.05) is 6.54 Å². The average molecular weight is 436 g/mol. The van der Waals surface area contributed by atoms with Gasteiger partial charge in [0.25, 0.3) is 0 Å². The second kappa shape index (κ2) is 11.9. The third-order valence-electron chi connectivity index (χ3n) is 4.87. The summed E-state index contributed by atoms with van der Waals surface area (Å²) in [5.74, 6) is 0.170. The van der Waals surface area contributed by atoms with Crippen LogP contribution in [0.4, 0.5) is 4.79 Å². The third kappa shape index (κ3) is 9.22. The summed E-state index contributed by atoms with van der Waals surface area (Å²) in [5.41, 5.74) is 3.95. The molecule has 0 aliphatic rings. The fourth-order valence-corrected chi connectivity index (χ4v) is 3.25. The molecule has 0 spiro atoms. The van der Waals surface area contributed by atoms with Gasteiger partial charge in [0.05, 0.1) is 6.07 Å². The smallest absolute Gasteiger partial charge is 0.407 e. The molecule has 0 radical (unpaired) electrons. The van der Waals surface area contributed by atoms with Crippen LogP contribution in [0.3, 0.4) is 0 Å². The Labute approximate surface area is 191 Å². The molecular weight excluding hydrogens is 402 g/mol. The van der Waals surface area contributed by atoms with E-state index in [1.54, 1.807) is 0 Å². The summed E-state index contributed by atoms with van der Waals surface area (Å²) in [4.78, 5) is 23.5. The van der Waals surface area contributed by atoms with E-state index >= 15 is 0 Å². The first kappa shape index (κ1) is 24.9. The van der Waals surface area contributed by atoms with Crippen LogP contribution in [0.15, 0.2) is 48.5 Å². The number of hydrogen-bond donors (Lipinski definition) is 2. The molecule has 0 saturated heterocycles. The zero-order chi connectivity index (χ0) is 23.6. The maximum Gasteiger partial charge on any atom is 0.407 e. The zero-order valence-corrected chi connectivity index (χ0v) is 19.4. The number of carbonyl (C=O) groups is 2. The second-order valence-electron chi connectivity index (χ2n) is 9.04. The molecule has 2 aromatic carbocycles. The van der Waals surface area contributed by atoms with Gasteiger partial charge in [0.15, 0.2) is 0 Å². The minimum atomic E-state index is -0.513. The SMILES string of the molecule is CC(CCc1cccc(-c2ccc(CNC(=O)OC(C)(C)C)cc2)c1)CC(=O)NCC#N. The van der Waals surface area contributed by atoms with Crippen LogP contribution in [0.2, 0.25) is 0 Å². The summed E-state index contributed by atoms with van der Waals surface area (Å²) in [5, 5.41) is 13.9. The van der Waals surface area contributed by atoms with Crippen molar-refractivity contribution < 1.29 is 14.3 Å². The van der Waals surface area contributed by atoms with Crippen molar-refractivity contribution in [2.45, 2.75) is 59.1 Å². The molecule has 0 aromatic heterocycles. The highest BCUT2D eigenvalue weighted by molar-refractivity contribution is 5.76. The number of hydrogen-bond acceptors (Lipinski definition) is 4. The fraction of sp³-hybridized carbons (Fsp3) is 0.423. The van der Waals surface area contributed by atoms with E-state index in [9.17, 15) is 9.59 Å². The number of ether oxygens (including phenoxy) is 1. The van der Waals surface area contributed by atoms with Crippen molar-refractivity contribution in [1.29, 1.82) is 5.26 Å². The highest BCUT2D eigenvalue weighted by Crippen LogP contribution is 2.23. The van der Waals surface area contributed by atoms with E-state index in [1.165, 1.54) is 5.56 Å². The standard InChI is InChI=1S/C26H33N3O3/c1-19(16-24(30)28-15-14-27)8-9-20-6-5-7-23(17-20)22-12-10-21(11-13-22)18-29-25(31)32-26(2,3)4/h5-7,10-13,17,19H,8-9,15-16,18H2,1-4H3,(H,28,30)(H,29,31). The Morgan fingerprint density at radius 1 is 1.03 bits per heavy atom. The van der Waals surface area contributed by atoms with Crippen molar-refractivity contribution in [2.24, 2.45) is 5.92 Å². The van der Waals surface area contributed by atoms with Crippen molar-refractivity contribution in [3.05, 3.63) is 59.7 Å². The van der Waals surface area contributed by atoms with Gasteiger partial charge in [0, 0.05) is 13.0 Å². The first-order valence-corrected chi connectivity index (χ1v) is 10.9. The molecule has 0 bridgehead atoms. The van der Waals surface area contributed by atoms with E-state index in [-0.39, 0.29) is 18.4 Å². The van der Waals surface area contributed by atoms with E-state index in [1.807, 2.05) is 57.2 Å². The molecule has 0 aliphatic heterocycles. The Kier molecular flexibility index (Phi) is 9.27. The summed E-state index contributed by atoms with van der Waals surface area (Å²) >= 11 is 0. The first-order valence-electron chi connectivity index (χ1n) is 10.9. The molecule has 1 atom stereocenters. The molecule has 32 heavy (non-hydrogen) atoms. The average Bonchev–Trinajstić information content (AvgIpc) is 2.74. The highest BCUT2D eigenvalue weighted by Gasteiger charge is 2.15. The second-order valence-corrected chi connectivity index (χ2v) is 9.04. The summed E-state index contributed by atoms with van der Waals surface area (Å²) in [6.45, 7) is 8.04.